The van der Waals surface area contributed by atoms with Crippen molar-refractivity contribution in [1.82, 2.24) is 4.90 Å². The monoisotopic (exact) mass is 404 g/mol. The molecule has 0 radical (unpaired) electrons. The molecule has 1 saturated heterocycles. The van der Waals surface area contributed by atoms with E-state index in [4.69, 9.17) is 0 Å². The van der Waals surface area contributed by atoms with Gasteiger partial charge in [-0.1, -0.05) is 42.0 Å². The van der Waals surface area contributed by atoms with E-state index in [1.54, 1.807) is 0 Å². The number of para-hydroxylation sites is 1. The van der Waals surface area contributed by atoms with E-state index < -0.39 is 0 Å². The Morgan fingerprint density at radius 2 is 2.00 bits per heavy atom. The number of nitrogens with zero attached hydrogens (tertiary/aromatic N) is 1. The molecule has 0 aliphatic carbocycles. The van der Waals surface area contributed by atoms with Crippen LogP contribution in [0.1, 0.15) is 17.2 Å². The van der Waals surface area contributed by atoms with Crippen molar-refractivity contribution in [3.05, 3.63) is 64.1 Å². The highest BCUT2D eigenvalue weighted by Crippen LogP contribution is 2.29. The number of aryl methyl sites for hydroxylation is 1. The molecule has 2 aromatic carbocycles. The molecule has 126 valence electrons. The van der Waals surface area contributed by atoms with E-state index in [0.29, 0.717) is 12.6 Å². The van der Waals surface area contributed by atoms with Crippen LogP contribution in [0.3, 0.4) is 0 Å². The molecule has 1 aliphatic heterocycles. The molecule has 0 saturated carbocycles. The number of hydrogen-bond donors (Lipinski definition) is 1. The Balaban J connectivity index is 1.68. The Labute approximate surface area is 155 Å². The van der Waals surface area contributed by atoms with Crippen molar-refractivity contribution in [2.45, 2.75) is 13.0 Å². The third kappa shape index (κ3) is 4.41. The van der Waals surface area contributed by atoms with Crippen LogP contribution in [-0.4, -0.2) is 35.4 Å². The predicted molar refractivity (Wildman–Crippen MR) is 106 cm³/mol. The minimum absolute atomic E-state index is 0.0333. The largest absolute Gasteiger partial charge is 0.324 e. The summed E-state index contributed by atoms with van der Waals surface area (Å²) in [4.78, 5) is 14.8. The van der Waals surface area contributed by atoms with E-state index in [1.165, 1.54) is 11.1 Å². The second-order valence-electron chi connectivity index (χ2n) is 6.00. The van der Waals surface area contributed by atoms with Gasteiger partial charge < -0.3 is 5.32 Å². The first-order valence-corrected chi connectivity index (χ1v) is 10.0. The fraction of sp³-hybridized carbons (Fsp3) is 0.316. The zero-order valence-electron chi connectivity index (χ0n) is 13.7. The summed E-state index contributed by atoms with van der Waals surface area (Å²) >= 11 is 5.43. The lowest BCUT2D eigenvalue weighted by molar-refractivity contribution is -0.117. The van der Waals surface area contributed by atoms with Gasteiger partial charge in [0.05, 0.1) is 12.2 Å². The summed E-state index contributed by atoms with van der Waals surface area (Å²) in [6.07, 6.45) is 0. The molecule has 1 heterocycles. The number of hydrogen-bond acceptors (Lipinski definition) is 3. The second-order valence-corrected chi connectivity index (χ2v) is 8.00. The molecule has 1 atom stereocenters. The third-order valence-electron chi connectivity index (χ3n) is 4.20. The molecule has 2 aromatic rings. The zero-order valence-corrected chi connectivity index (χ0v) is 16.1. The van der Waals surface area contributed by atoms with Crippen LogP contribution in [0.2, 0.25) is 0 Å². The van der Waals surface area contributed by atoms with Gasteiger partial charge in [-0.2, -0.15) is 11.8 Å². The molecule has 3 rings (SSSR count). The molecular formula is C19H21BrN2OS. The number of anilines is 1. The molecule has 1 unspecified atom stereocenters. The number of thioether (sulfide) groups is 1. The number of carbonyl (C=O) groups excluding carboxylic acids is 1. The highest BCUT2D eigenvalue weighted by molar-refractivity contribution is 9.10. The van der Waals surface area contributed by atoms with Crippen LogP contribution in [0.4, 0.5) is 5.69 Å². The van der Waals surface area contributed by atoms with Gasteiger partial charge in [-0.05, 0) is 40.5 Å². The van der Waals surface area contributed by atoms with Gasteiger partial charge in [0.15, 0.2) is 0 Å². The smallest absolute Gasteiger partial charge is 0.238 e. The number of benzene rings is 2. The molecular weight excluding hydrogens is 384 g/mol. The first-order valence-electron chi connectivity index (χ1n) is 8.06. The van der Waals surface area contributed by atoms with E-state index in [0.717, 1.165) is 28.2 Å². The molecule has 24 heavy (non-hydrogen) atoms. The third-order valence-corrected chi connectivity index (χ3v) is 5.91. The Morgan fingerprint density at radius 3 is 2.75 bits per heavy atom. The van der Waals surface area contributed by atoms with Crippen LogP contribution in [0, 0.1) is 6.92 Å². The zero-order chi connectivity index (χ0) is 16.9. The Hall–Kier alpha value is -1.30. The van der Waals surface area contributed by atoms with E-state index in [-0.39, 0.29) is 5.91 Å². The Kier molecular flexibility index (Phi) is 5.98. The molecule has 1 aliphatic rings. The quantitative estimate of drug-likeness (QED) is 0.814. The summed E-state index contributed by atoms with van der Waals surface area (Å²) in [5.41, 5.74) is 3.38. The van der Waals surface area contributed by atoms with Crippen molar-refractivity contribution >= 4 is 39.3 Å². The van der Waals surface area contributed by atoms with Crippen LogP contribution < -0.4 is 5.32 Å². The van der Waals surface area contributed by atoms with Crippen molar-refractivity contribution in [3.63, 3.8) is 0 Å². The summed E-state index contributed by atoms with van der Waals surface area (Å²) in [5.74, 6) is 2.14. The van der Waals surface area contributed by atoms with Crippen molar-refractivity contribution in [3.8, 4) is 0 Å². The van der Waals surface area contributed by atoms with Crippen molar-refractivity contribution in [1.29, 1.82) is 0 Å². The van der Waals surface area contributed by atoms with Gasteiger partial charge in [0, 0.05) is 28.6 Å². The average Bonchev–Trinajstić information content (AvgIpc) is 2.58. The van der Waals surface area contributed by atoms with Crippen LogP contribution in [0.15, 0.2) is 53.0 Å². The molecule has 0 bridgehead atoms. The van der Waals surface area contributed by atoms with E-state index in [9.17, 15) is 4.79 Å². The Bertz CT molecular complexity index is 705. The van der Waals surface area contributed by atoms with E-state index >= 15 is 0 Å². The normalized spacial score (nSPS) is 18.3. The summed E-state index contributed by atoms with van der Waals surface area (Å²) in [7, 11) is 0. The lowest BCUT2D eigenvalue weighted by Crippen LogP contribution is -2.41. The SMILES string of the molecule is Cc1ccc(C2CSCCN2CC(=O)Nc2ccccc2Br)cc1. The lowest BCUT2D eigenvalue weighted by atomic mass is 10.0. The van der Waals surface area contributed by atoms with Crippen LogP contribution >= 0.6 is 27.7 Å². The molecule has 0 spiro atoms. The summed E-state index contributed by atoms with van der Waals surface area (Å²) < 4.78 is 0.905. The molecule has 0 aromatic heterocycles. The lowest BCUT2D eigenvalue weighted by Gasteiger charge is -2.35. The summed E-state index contributed by atoms with van der Waals surface area (Å²) in [6, 6.07) is 16.7. The van der Waals surface area contributed by atoms with Gasteiger partial charge in [-0.15, -0.1) is 0 Å². The van der Waals surface area contributed by atoms with Crippen LogP contribution in [0.5, 0.6) is 0 Å². The standard InChI is InChI=1S/C19H21BrN2OS/c1-14-6-8-15(9-7-14)18-13-24-11-10-22(18)12-19(23)21-17-5-3-2-4-16(17)20/h2-9,18H,10-13H2,1H3,(H,21,23). The van der Waals surface area contributed by atoms with Crippen molar-refractivity contribution in [2.75, 3.05) is 29.9 Å². The maximum atomic E-state index is 12.5. The number of halogens is 1. The molecule has 5 heteroatoms. The van der Waals surface area contributed by atoms with Gasteiger partial charge in [0.25, 0.3) is 0 Å². The van der Waals surface area contributed by atoms with Gasteiger partial charge in [-0.3, -0.25) is 9.69 Å². The fourth-order valence-corrected chi connectivity index (χ4v) is 4.40. The van der Waals surface area contributed by atoms with Gasteiger partial charge in [0.1, 0.15) is 0 Å². The minimum atomic E-state index is 0.0333. The van der Waals surface area contributed by atoms with Crippen LogP contribution in [0.25, 0.3) is 0 Å². The van der Waals surface area contributed by atoms with Crippen molar-refractivity contribution < 1.29 is 4.79 Å². The second kappa shape index (κ2) is 8.19. The number of carbonyl (C=O) groups is 1. The Morgan fingerprint density at radius 1 is 1.25 bits per heavy atom. The number of amides is 1. The number of nitrogens with one attached hydrogen (secondary N) is 1. The average molecular weight is 405 g/mol. The summed E-state index contributed by atoms with van der Waals surface area (Å²) in [5, 5.41) is 3.00. The van der Waals surface area contributed by atoms with Crippen molar-refractivity contribution in [2.24, 2.45) is 0 Å². The number of rotatable bonds is 4. The molecule has 1 fully saturated rings. The van der Waals surface area contributed by atoms with Crippen LogP contribution in [-0.2, 0) is 4.79 Å². The van der Waals surface area contributed by atoms with Gasteiger partial charge in [0.2, 0.25) is 5.91 Å². The maximum absolute atomic E-state index is 12.5. The topological polar surface area (TPSA) is 32.3 Å². The molecule has 3 nitrogen and oxygen atoms in total. The maximum Gasteiger partial charge on any atom is 0.238 e. The first-order chi connectivity index (χ1) is 11.6. The minimum Gasteiger partial charge on any atom is -0.324 e. The highest BCUT2D eigenvalue weighted by Gasteiger charge is 2.26. The van der Waals surface area contributed by atoms with E-state index in [2.05, 4.69) is 57.3 Å². The highest BCUT2D eigenvalue weighted by atomic mass is 79.9. The predicted octanol–water partition coefficient (Wildman–Crippen LogP) is 4.49. The first kappa shape index (κ1) is 17.5. The van der Waals surface area contributed by atoms with Gasteiger partial charge in [-0.25, -0.2) is 0 Å². The molecule has 1 amide bonds. The van der Waals surface area contributed by atoms with E-state index in [1.807, 2.05) is 36.0 Å². The molecule has 1 N–H and O–H groups in total. The summed E-state index contributed by atoms with van der Waals surface area (Å²) in [6.45, 7) is 3.45. The fourth-order valence-electron chi connectivity index (χ4n) is 2.86. The van der Waals surface area contributed by atoms with Gasteiger partial charge >= 0.3 is 0 Å².